The highest BCUT2D eigenvalue weighted by Gasteiger charge is 2.47. The van der Waals surface area contributed by atoms with Crippen LogP contribution in [0.25, 0.3) is 0 Å². The number of aliphatic carboxylic acids is 1. The summed E-state index contributed by atoms with van der Waals surface area (Å²) in [6, 6.07) is 5.80. The van der Waals surface area contributed by atoms with Gasteiger partial charge in [0.15, 0.2) is 11.5 Å². The maximum absolute atomic E-state index is 11.7. The van der Waals surface area contributed by atoms with Crippen LogP contribution in [0.1, 0.15) is 38.7 Å². The lowest BCUT2D eigenvalue weighted by atomic mass is 9.73. The summed E-state index contributed by atoms with van der Waals surface area (Å²) in [5.74, 6) is 0.507. The molecule has 1 aliphatic heterocycles. The Morgan fingerprint density at radius 3 is 2.68 bits per heavy atom. The minimum atomic E-state index is -1.01. The third-order valence-electron chi connectivity index (χ3n) is 5.00. The van der Waals surface area contributed by atoms with Gasteiger partial charge >= 0.3 is 5.97 Å². The Kier molecular flexibility index (Phi) is 6.67. The van der Waals surface area contributed by atoms with E-state index < -0.39 is 17.5 Å². The first-order valence-corrected chi connectivity index (χ1v) is 8.90. The number of likely N-dealkylation sites (tertiary alicyclic amines) is 1. The highest BCUT2D eigenvalue weighted by Crippen LogP contribution is 2.37. The molecule has 1 aromatic carbocycles. The van der Waals surface area contributed by atoms with Crippen molar-refractivity contribution in [2.24, 2.45) is 5.41 Å². The van der Waals surface area contributed by atoms with Gasteiger partial charge in [0.05, 0.1) is 25.2 Å². The summed E-state index contributed by atoms with van der Waals surface area (Å²) in [6.45, 7) is 6.11. The van der Waals surface area contributed by atoms with Crippen LogP contribution in [0.5, 0.6) is 11.5 Å². The number of carbonyl (C=O) groups is 1. The molecule has 140 valence electrons. The Morgan fingerprint density at radius 1 is 1.36 bits per heavy atom. The summed E-state index contributed by atoms with van der Waals surface area (Å²) in [5.41, 5.74) is 0.0349. The van der Waals surface area contributed by atoms with Gasteiger partial charge < -0.3 is 19.7 Å². The van der Waals surface area contributed by atoms with Crippen LogP contribution in [0.2, 0.25) is 0 Å². The predicted molar refractivity (Wildman–Crippen MR) is 95.0 cm³/mol. The SMILES string of the molecule is CCC[C@]1(C(=O)O)CCN(Cc2ccc(OCC)c(OC)c2)C[C@H]1O. The lowest BCUT2D eigenvalue weighted by Crippen LogP contribution is -2.54. The average molecular weight is 351 g/mol. The highest BCUT2D eigenvalue weighted by atomic mass is 16.5. The van der Waals surface area contributed by atoms with Gasteiger partial charge in [0, 0.05) is 13.1 Å². The van der Waals surface area contributed by atoms with E-state index in [-0.39, 0.29) is 0 Å². The van der Waals surface area contributed by atoms with E-state index in [1.165, 1.54) is 0 Å². The monoisotopic (exact) mass is 351 g/mol. The molecule has 1 aliphatic rings. The van der Waals surface area contributed by atoms with Crippen molar-refractivity contribution in [1.29, 1.82) is 0 Å². The summed E-state index contributed by atoms with van der Waals surface area (Å²) >= 11 is 0. The van der Waals surface area contributed by atoms with Gasteiger partial charge in [0.25, 0.3) is 0 Å². The Hall–Kier alpha value is -1.79. The van der Waals surface area contributed by atoms with Crippen molar-refractivity contribution >= 4 is 5.97 Å². The van der Waals surface area contributed by atoms with Crippen LogP contribution in [0.4, 0.5) is 0 Å². The Bertz CT molecular complexity index is 591. The number of rotatable bonds is 8. The van der Waals surface area contributed by atoms with E-state index in [9.17, 15) is 15.0 Å². The van der Waals surface area contributed by atoms with Gasteiger partial charge in [-0.15, -0.1) is 0 Å². The summed E-state index contributed by atoms with van der Waals surface area (Å²) in [6.07, 6.45) is 0.863. The molecule has 0 amide bonds. The first-order chi connectivity index (χ1) is 12.0. The van der Waals surface area contributed by atoms with E-state index in [0.717, 1.165) is 12.0 Å². The van der Waals surface area contributed by atoms with Crippen LogP contribution < -0.4 is 9.47 Å². The number of piperidine rings is 1. The zero-order valence-electron chi connectivity index (χ0n) is 15.3. The Labute approximate surface area is 149 Å². The molecule has 6 nitrogen and oxygen atoms in total. The van der Waals surface area contributed by atoms with E-state index in [0.29, 0.717) is 50.6 Å². The molecule has 1 heterocycles. The number of carboxylic acids is 1. The maximum Gasteiger partial charge on any atom is 0.312 e. The normalized spacial score (nSPS) is 24.1. The first-order valence-electron chi connectivity index (χ1n) is 8.90. The van der Waals surface area contributed by atoms with Gasteiger partial charge in [-0.25, -0.2) is 0 Å². The summed E-state index contributed by atoms with van der Waals surface area (Å²) < 4.78 is 10.9. The second-order valence-corrected chi connectivity index (χ2v) is 6.63. The molecule has 1 aromatic rings. The van der Waals surface area contributed by atoms with E-state index in [4.69, 9.17) is 9.47 Å². The van der Waals surface area contributed by atoms with Crippen molar-refractivity contribution in [1.82, 2.24) is 4.90 Å². The number of hydrogen-bond acceptors (Lipinski definition) is 5. The highest BCUT2D eigenvalue weighted by molar-refractivity contribution is 5.75. The second kappa shape index (κ2) is 8.54. The van der Waals surface area contributed by atoms with Gasteiger partial charge in [0.1, 0.15) is 0 Å². The van der Waals surface area contributed by atoms with Crippen molar-refractivity contribution < 1.29 is 24.5 Å². The fourth-order valence-electron chi connectivity index (χ4n) is 3.62. The number of aliphatic hydroxyl groups is 1. The fourth-order valence-corrected chi connectivity index (χ4v) is 3.62. The van der Waals surface area contributed by atoms with Crippen LogP contribution in [0.3, 0.4) is 0 Å². The number of carboxylic acid groups (broad SMARTS) is 1. The number of aliphatic hydroxyl groups excluding tert-OH is 1. The standard InChI is InChI=1S/C19H29NO5/c1-4-8-19(18(22)23)9-10-20(13-17(19)21)12-14-6-7-15(25-5-2)16(11-14)24-3/h6-7,11,17,21H,4-5,8-10,12-13H2,1-3H3,(H,22,23)/t17-,19+/m1/s1. The number of nitrogens with zero attached hydrogens (tertiary/aromatic N) is 1. The van der Waals surface area contributed by atoms with E-state index in [1.807, 2.05) is 32.0 Å². The molecule has 6 heteroatoms. The number of ether oxygens (including phenoxy) is 2. The Morgan fingerprint density at radius 2 is 2.12 bits per heavy atom. The molecule has 0 saturated carbocycles. The number of methoxy groups -OCH3 is 1. The zero-order chi connectivity index (χ0) is 18.4. The molecule has 0 spiro atoms. The molecule has 0 radical (unpaired) electrons. The number of hydrogen-bond donors (Lipinski definition) is 2. The predicted octanol–water partition coefficient (Wildman–Crippen LogP) is 2.53. The molecule has 2 N–H and O–H groups in total. The molecule has 2 atom stereocenters. The van der Waals surface area contributed by atoms with Crippen molar-refractivity contribution in [3.05, 3.63) is 23.8 Å². The Balaban J connectivity index is 2.07. The molecule has 0 aliphatic carbocycles. The fraction of sp³-hybridized carbons (Fsp3) is 0.632. The van der Waals surface area contributed by atoms with E-state index in [2.05, 4.69) is 4.90 Å². The van der Waals surface area contributed by atoms with E-state index in [1.54, 1.807) is 7.11 Å². The van der Waals surface area contributed by atoms with Crippen molar-refractivity contribution in [2.45, 2.75) is 45.8 Å². The molecule has 25 heavy (non-hydrogen) atoms. The molecule has 1 fully saturated rings. The maximum atomic E-state index is 11.7. The molecule has 0 aromatic heterocycles. The van der Waals surface area contributed by atoms with Crippen molar-refractivity contribution in [3.8, 4) is 11.5 Å². The number of benzene rings is 1. The lowest BCUT2D eigenvalue weighted by molar-refractivity contribution is -0.164. The molecule has 0 unspecified atom stereocenters. The van der Waals surface area contributed by atoms with Crippen molar-refractivity contribution in [2.75, 3.05) is 26.8 Å². The van der Waals surface area contributed by atoms with E-state index >= 15 is 0 Å². The smallest absolute Gasteiger partial charge is 0.312 e. The molecular weight excluding hydrogens is 322 g/mol. The largest absolute Gasteiger partial charge is 0.493 e. The van der Waals surface area contributed by atoms with Gasteiger partial charge in [0.2, 0.25) is 0 Å². The summed E-state index contributed by atoms with van der Waals surface area (Å²) in [5, 5.41) is 20.1. The quantitative estimate of drug-likeness (QED) is 0.749. The van der Waals surface area contributed by atoms with Crippen LogP contribution >= 0.6 is 0 Å². The van der Waals surface area contributed by atoms with Gasteiger partial charge in [-0.2, -0.15) is 0 Å². The zero-order valence-corrected chi connectivity index (χ0v) is 15.3. The minimum absolute atomic E-state index is 0.363. The topological polar surface area (TPSA) is 79.2 Å². The van der Waals surface area contributed by atoms with Crippen molar-refractivity contribution in [3.63, 3.8) is 0 Å². The van der Waals surface area contributed by atoms with Gasteiger partial charge in [-0.3, -0.25) is 9.69 Å². The summed E-state index contributed by atoms with van der Waals surface area (Å²) in [4.78, 5) is 13.8. The molecule has 2 rings (SSSR count). The first kappa shape index (κ1) is 19.5. The molecule has 1 saturated heterocycles. The average Bonchev–Trinajstić information content (AvgIpc) is 2.58. The van der Waals surface area contributed by atoms with Crippen LogP contribution in [-0.2, 0) is 11.3 Å². The third kappa shape index (κ3) is 4.25. The van der Waals surface area contributed by atoms with Crippen LogP contribution in [0, 0.1) is 5.41 Å². The van der Waals surface area contributed by atoms with Gasteiger partial charge in [-0.05, 0) is 44.0 Å². The van der Waals surface area contributed by atoms with Crippen LogP contribution in [-0.4, -0.2) is 54.0 Å². The molecule has 0 bridgehead atoms. The minimum Gasteiger partial charge on any atom is -0.493 e. The third-order valence-corrected chi connectivity index (χ3v) is 5.00. The second-order valence-electron chi connectivity index (χ2n) is 6.63. The van der Waals surface area contributed by atoms with Gasteiger partial charge in [-0.1, -0.05) is 19.4 Å². The molecular formula is C19H29NO5. The summed E-state index contributed by atoms with van der Waals surface area (Å²) in [7, 11) is 1.61. The van der Waals surface area contributed by atoms with Crippen LogP contribution in [0.15, 0.2) is 18.2 Å². The number of β-amino-alcohol motifs (C(OH)–C–C–N with tert-alkyl or cyclic N) is 1. The lowest BCUT2D eigenvalue weighted by Gasteiger charge is -2.42.